The lowest BCUT2D eigenvalue weighted by Gasteiger charge is -2.29. The summed E-state index contributed by atoms with van der Waals surface area (Å²) >= 11 is 5.99. The molecule has 1 unspecified atom stereocenters. The zero-order valence-corrected chi connectivity index (χ0v) is 18.0. The number of nitrogens with one attached hydrogen (secondary N) is 1. The summed E-state index contributed by atoms with van der Waals surface area (Å²) in [6.07, 6.45) is 1.25. The summed E-state index contributed by atoms with van der Waals surface area (Å²) in [5.41, 5.74) is 2.45. The third kappa shape index (κ3) is 5.17. The van der Waals surface area contributed by atoms with Gasteiger partial charge in [0.25, 0.3) is 11.9 Å². The Hall–Kier alpha value is -3.06. The molecule has 0 spiro atoms. The van der Waals surface area contributed by atoms with E-state index in [4.69, 9.17) is 20.8 Å². The normalized spacial score (nSPS) is 15.6. The summed E-state index contributed by atoms with van der Waals surface area (Å²) in [5, 5.41) is 3.42. The lowest BCUT2D eigenvalue weighted by Crippen LogP contribution is -2.38. The second kappa shape index (κ2) is 9.39. The van der Waals surface area contributed by atoms with Crippen LogP contribution in [0.3, 0.4) is 0 Å². The predicted octanol–water partition coefficient (Wildman–Crippen LogP) is 4.12. The largest absolute Gasteiger partial charge is 0.455 e. The second-order valence-corrected chi connectivity index (χ2v) is 8.11. The molecule has 1 aromatic heterocycles. The highest BCUT2D eigenvalue weighted by atomic mass is 35.5. The number of ether oxygens (including phenoxy) is 1. The van der Waals surface area contributed by atoms with Crippen molar-refractivity contribution in [2.75, 3.05) is 24.6 Å². The van der Waals surface area contributed by atoms with Crippen LogP contribution in [0, 0.1) is 5.92 Å². The summed E-state index contributed by atoms with van der Waals surface area (Å²) in [7, 11) is 0. The van der Waals surface area contributed by atoms with Crippen molar-refractivity contribution in [3.63, 3.8) is 0 Å². The summed E-state index contributed by atoms with van der Waals surface area (Å²) in [5.74, 6) is -0.925. The van der Waals surface area contributed by atoms with Gasteiger partial charge in [0, 0.05) is 18.1 Å². The SMILES string of the molecule is CC(NC(=O)COC(=O)C1CCN(c2nc3ccccc3o2)CC1)c1cccc(Cl)c1. The molecular formula is C23H24ClN3O4. The van der Waals surface area contributed by atoms with E-state index in [0.717, 1.165) is 16.7 Å². The average Bonchev–Trinajstić information content (AvgIpc) is 3.22. The average molecular weight is 442 g/mol. The minimum Gasteiger partial charge on any atom is -0.455 e. The molecule has 0 radical (unpaired) electrons. The maximum absolute atomic E-state index is 12.4. The highest BCUT2D eigenvalue weighted by Gasteiger charge is 2.28. The number of carbonyl (C=O) groups is 2. The van der Waals surface area contributed by atoms with Crippen LogP contribution in [0.25, 0.3) is 11.1 Å². The van der Waals surface area contributed by atoms with Crippen molar-refractivity contribution >= 4 is 40.6 Å². The molecule has 1 N–H and O–H groups in total. The molecule has 2 aromatic carbocycles. The summed E-state index contributed by atoms with van der Waals surface area (Å²) in [6, 6.07) is 15.2. The first kappa shape index (κ1) is 21.2. The highest BCUT2D eigenvalue weighted by Crippen LogP contribution is 2.26. The zero-order chi connectivity index (χ0) is 21.8. The van der Waals surface area contributed by atoms with Crippen LogP contribution in [-0.2, 0) is 14.3 Å². The molecule has 1 amide bonds. The molecule has 4 rings (SSSR count). The Morgan fingerprint density at radius 2 is 2.00 bits per heavy atom. The molecule has 1 atom stereocenters. The molecule has 0 aliphatic carbocycles. The number of fused-ring (bicyclic) bond motifs is 1. The maximum atomic E-state index is 12.4. The van der Waals surface area contributed by atoms with Gasteiger partial charge >= 0.3 is 5.97 Å². The van der Waals surface area contributed by atoms with Crippen molar-refractivity contribution in [2.45, 2.75) is 25.8 Å². The smallest absolute Gasteiger partial charge is 0.309 e. The number of carbonyl (C=O) groups excluding carboxylic acids is 2. The maximum Gasteiger partial charge on any atom is 0.309 e. The number of hydrogen-bond acceptors (Lipinski definition) is 6. The van der Waals surface area contributed by atoms with Gasteiger partial charge in [-0.15, -0.1) is 0 Å². The van der Waals surface area contributed by atoms with E-state index in [0.29, 0.717) is 37.0 Å². The molecule has 1 fully saturated rings. The van der Waals surface area contributed by atoms with Crippen LogP contribution in [-0.4, -0.2) is 36.6 Å². The summed E-state index contributed by atoms with van der Waals surface area (Å²) in [4.78, 5) is 31.1. The number of benzene rings is 2. The van der Waals surface area contributed by atoms with E-state index in [2.05, 4.69) is 10.3 Å². The predicted molar refractivity (Wildman–Crippen MR) is 118 cm³/mol. The Morgan fingerprint density at radius 3 is 2.74 bits per heavy atom. The fourth-order valence-corrected chi connectivity index (χ4v) is 3.90. The minimum atomic E-state index is -0.345. The van der Waals surface area contributed by atoms with Gasteiger partial charge in [-0.2, -0.15) is 4.98 Å². The number of hydrogen-bond donors (Lipinski definition) is 1. The monoisotopic (exact) mass is 441 g/mol. The molecule has 0 bridgehead atoms. The van der Waals surface area contributed by atoms with Gasteiger partial charge in [0.2, 0.25) is 0 Å². The van der Waals surface area contributed by atoms with Gasteiger partial charge in [-0.3, -0.25) is 9.59 Å². The van der Waals surface area contributed by atoms with Gasteiger partial charge in [-0.25, -0.2) is 0 Å². The number of anilines is 1. The topological polar surface area (TPSA) is 84.7 Å². The summed E-state index contributed by atoms with van der Waals surface area (Å²) in [6.45, 7) is 2.84. The highest BCUT2D eigenvalue weighted by molar-refractivity contribution is 6.30. The van der Waals surface area contributed by atoms with E-state index in [-0.39, 0.29) is 30.4 Å². The van der Waals surface area contributed by atoms with Crippen LogP contribution in [0.1, 0.15) is 31.4 Å². The van der Waals surface area contributed by atoms with Crippen LogP contribution in [0.15, 0.2) is 52.9 Å². The van der Waals surface area contributed by atoms with Crippen molar-refractivity contribution in [3.8, 4) is 0 Å². The lowest BCUT2D eigenvalue weighted by atomic mass is 9.97. The van der Waals surface area contributed by atoms with E-state index in [1.807, 2.05) is 48.2 Å². The van der Waals surface area contributed by atoms with Gasteiger partial charge in [-0.1, -0.05) is 35.9 Å². The molecular weight excluding hydrogens is 418 g/mol. The Bertz CT molecular complexity index is 1040. The number of halogens is 1. The van der Waals surface area contributed by atoms with Gasteiger partial charge in [0.15, 0.2) is 12.2 Å². The molecule has 7 nitrogen and oxygen atoms in total. The number of oxazole rings is 1. The quantitative estimate of drug-likeness (QED) is 0.579. The summed E-state index contributed by atoms with van der Waals surface area (Å²) < 4.78 is 11.1. The number of amides is 1. The van der Waals surface area contributed by atoms with Crippen molar-refractivity contribution in [1.82, 2.24) is 10.3 Å². The van der Waals surface area contributed by atoms with Crippen molar-refractivity contribution < 1.29 is 18.7 Å². The number of aromatic nitrogens is 1. The van der Waals surface area contributed by atoms with Crippen molar-refractivity contribution in [2.24, 2.45) is 5.92 Å². The second-order valence-electron chi connectivity index (χ2n) is 7.68. The van der Waals surface area contributed by atoms with E-state index in [1.165, 1.54) is 0 Å². The Balaban J connectivity index is 1.23. The number of rotatable bonds is 6. The molecule has 1 aliphatic heterocycles. The first-order valence-electron chi connectivity index (χ1n) is 10.3. The fraction of sp³-hybridized carbons (Fsp3) is 0.348. The standard InChI is InChI=1S/C23H24ClN3O4/c1-15(17-5-4-6-18(24)13-17)25-21(28)14-30-22(29)16-9-11-27(12-10-16)23-26-19-7-2-3-8-20(19)31-23/h2-8,13,15-16H,9-12,14H2,1H3,(H,25,28). The number of para-hydroxylation sites is 2. The van der Waals surface area contributed by atoms with Crippen LogP contribution >= 0.6 is 11.6 Å². The van der Waals surface area contributed by atoms with Crippen LogP contribution in [0.5, 0.6) is 0 Å². The van der Waals surface area contributed by atoms with Crippen molar-refractivity contribution in [1.29, 1.82) is 0 Å². The van der Waals surface area contributed by atoms with Crippen LogP contribution < -0.4 is 10.2 Å². The number of piperidine rings is 1. The van der Waals surface area contributed by atoms with Crippen LogP contribution in [0.4, 0.5) is 6.01 Å². The molecule has 162 valence electrons. The first-order chi connectivity index (χ1) is 15.0. The third-order valence-electron chi connectivity index (χ3n) is 5.45. The molecule has 3 aromatic rings. The molecule has 1 aliphatic rings. The Labute approximate surface area is 185 Å². The Kier molecular flexibility index (Phi) is 6.42. The number of esters is 1. The number of nitrogens with zero attached hydrogens (tertiary/aromatic N) is 2. The Morgan fingerprint density at radius 1 is 1.23 bits per heavy atom. The van der Waals surface area contributed by atoms with E-state index in [9.17, 15) is 9.59 Å². The van der Waals surface area contributed by atoms with Gasteiger partial charge in [0.05, 0.1) is 12.0 Å². The molecule has 1 saturated heterocycles. The van der Waals surface area contributed by atoms with Crippen molar-refractivity contribution in [3.05, 3.63) is 59.1 Å². The van der Waals surface area contributed by atoms with Gasteiger partial charge in [0.1, 0.15) is 5.52 Å². The molecule has 31 heavy (non-hydrogen) atoms. The third-order valence-corrected chi connectivity index (χ3v) is 5.69. The fourth-order valence-electron chi connectivity index (χ4n) is 3.70. The minimum absolute atomic E-state index is 0.232. The van der Waals surface area contributed by atoms with Gasteiger partial charge in [-0.05, 0) is 49.6 Å². The molecule has 0 saturated carbocycles. The zero-order valence-electron chi connectivity index (χ0n) is 17.2. The first-order valence-corrected chi connectivity index (χ1v) is 10.7. The molecule has 8 heteroatoms. The van der Waals surface area contributed by atoms with E-state index in [1.54, 1.807) is 12.1 Å². The molecule has 2 heterocycles. The van der Waals surface area contributed by atoms with Gasteiger partial charge < -0.3 is 19.4 Å². The van der Waals surface area contributed by atoms with E-state index >= 15 is 0 Å². The lowest BCUT2D eigenvalue weighted by molar-refractivity contribution is -0.153. The van der Waals surface area contributed by atoms with Crippen LogP contribution in [0.2, 0.25) is 5.02 Å². The van der Waals surface area contributed by atoms with E-state index < -0.39 is 0 Å².